The van der Waals surface area contributed by atoms with Gasteiger partial charge in [-0.15, -0.1) is 0 Å². The van der Waals surface area contributed by atoms with Crippen LogP contribution in [0.5, 0.6) is 0 Å². The first kappa shape index (κ1) is 14.8. The third-order valence-electron chi connectivity index (χ3n) is 3.19. The summed E-state index contributed by atoms with van der Waals surface area (Å²) in [5, 5.41) is 0. The lowest BCUT2D eigenvalue weighted by molar-refractivity contribution is 0.165. The third kappa shape index (κ3) is 3.61. The fourth-order valence-electron chi connectivity index (χ4n) is 2.12. The van der Waals surface area contributed by atoms with Crippen LogP contribution in [-0.4, -0.2) is 60.6 Å². The Hall–Kier alpha value is -0.240. The number of sulfonamides is 1. The highest BCUT2D eigenvalue weighted by molar-refractivity contribution is 7.89. The second-order valence-electron chi connectivity index (χ2n) is 4.16. The summed E-state index contributed by atoms with van der Waals surface area (Å²) in [5.74, 6) is 0.166. The fourth-order valence-corrected chi connectivity index (χ4v) is 3.52. The summed E-state index contributed by atoms with van der Waals surface area (Å²) in [6.07, 6.45) is 0.871. The molecule has 1 aliphatic heterocycles. The molecule has 0 aliphatic carbocycles. The molecule has 5 nitrogen and oxygen atoms in total. The zero-order chi connectivity index (χ0) is 13.1. The molecule has 1 aliphatic rings. The van der Waals surface area contributed by atoms with Crippen LogP contribution in [-0.2, 0) is 10.0 Å². The molecular formula is C10H21N3O2S2. The van der Waals surface area contributed by atoms with Gasteiger partial charge in [0.05, 0.1) is 16.8 Å². The first-order valence-electron chi connectivity index (χ1n) is 5.93. The van der Waals surface area contributed by atoms with Gasteiger partial charge in [0.2, 0.25) is 10.0 Å². The Kier molecular flexibility index (Phi) is 5.30. The van der Waals surface area contributed by atoms with Gasteiger partial charge in [-0.3, -0.25) is 4.90 Å². The fraction of sp³-hybridized carbons (Fsp3) is 0.900. The lowest BCUT2D eigenvalue weighted by Gasteiger charge is -2.37. The van der Waals surface area contributed by atoms with E-state index in [1.807, 2.05) is 6.92 Å². The number of hydrogen-bond donors (Lipinski definition) is 1. The van der Waals surface area contributed by atoms with Gasteiger partial charge in [-0.2, -0.15) is 4.31 Å². The lowest BCUT2D eigenvalue weighted by Crippen LogP contribution is -2.54. The van der Waals surface area contributed by atoms with E-state index >= 15 is 0 Å². The molecule has 1 atom stereocenters. The summed E-state index contributed by atoms with van der Waals surface area (Å²) in [7, 11) is -3.05. The summed E-state index contributed by atoms with van der Waals surface area (Å²) >= 11 is 5.03. The molecule has 0 aromatic heterocycles. The van der Waals surface area contributed by atoms with Crippen LogP contribution in [0.15, 0.2) is 0 Å². The van der Waals surface area contributed by atoms with Crippen LogP contribution in [0.2, 0.25) is 0 Å². The Morgan fingerprint density at radius 2 is 1.82 bits per heavy atom. The van der Waals surface area contributed by atoms with Crippen molar-refractivity contribution in [2.75, 3.05) is 31.9 Å². The molecule has 2 N–H and O–H groups in total. The molecule has 7 heteroatoms. The highest BCUT2D eigenvalue weighted by atomic mass is 32.2. The molecule has 1 rings (SSSR count). The Bertz CT molecular complexity index is 362. The molecule has 1 heterocycles. The van der Waals surface area contributed by atoms with Crippen molar-refractivity contribution < 1.29 is 8.42 Å². The molecule has 1 saturated heterocycles. The predicted octanol–water partition coefficient (Wildman–Crippen LogP) is 0.0184. The molecule has 100 valence electrons. The van der Waals surface area contributed by atoms with E-state index in [1.165, 1.54) is 0 Å². The minimum Gasteiger partial charge on any atom is -0.392 e. The lowest BCUT2D eigenvalue weighted by atomic mass is 10.1. The van der Waals surface area contributed by atoms with Gasteiger partial charge in [0, 0.05) is 26.2 Å². The summed E-state index contributed by atoms with van der Waals surface area (Å²) in [5.41, 5.74) is 5.68. The van der Waals surface area contributed by atoms with Gasteiger partial charge in [0.15, 0.2) is 0 Å². The van der Waals surface area contributed by atoms with Gasteiger partial charge in [0.1, 0.15) is 0 Å². The summed E-state index contributed by atoms with van der Waals surface area (Å²) < 4.78 is 24.9. The van der Waals surface area contributed by atoms with Gasteiger partial charge < -0.3 is 5.73 Å². The van der Waals surface area contributed by atoms with Crippen LogP contribution in [0.1, 0.15) is 20.3 Å². The normalized spacial score (nSPS) is 21.3. The predicted molar refractivity (Wildman–Crippen MR) is 73.5 cm³/mol. The van der Waals surface area contributed by atoms with Crippen LogP contribution in [0.25, 0.3) is 0 Å². The van der Waals surface area contributed by atoms with Crippen molar-refractivity contribution in [2.24, 2.45) is 5.73 Å². The van der Waals surface area contributed by atoms with Crippen LogP contribution < -0.4 is 5.73 Å². The summed E-state index contributed by atoms with van der Waals surface area (Å²) in [6.45, 7) is 6.19. The van der Waals surface area contributed by atoms with Crippen LogP contribution in [0.4, 0.5) is 0 Å². The van der Waals surface area contributed by atoms with Crippen molar-refractivity contribution in [3.05, 3.63) is 0 Å². The van der Waals surface area contributed by atoms with Crippen molar-refractivity contribution >= 4 is 27.2 Å². The Morgan fingerprint density at radius 3 is 2.18 bits per heavy atom. The Balaban J connectivity index is 2.59. The van der Waals surface area contributed by atoms with Gasteiger partial charge in [-0.25, -0.2) is 8.42 Å². The van der Waals surface area contributed by atoms with Crippen LogP contribution >= 0.6 is 12.2 Å². The van der Waals surface area contributed by atoms with Crippen molar-refractivity contribution in [1.29, 1.82) is 0 Å². The maximum atomic E-state index is 11.7. The van der Waals surface area contributed by atoms with Crippen molar-refractivity contribution in [1.82, 2.24) is 9.21 Å². The number of hydrogen-bond acceptors (Lipinski definition) is 4. The first-order valence-corrected chi connectivity index (χ1v) is 7.95. The van der Waals surface area contributed by atoms with Gasteiger partial charge in [-0.1, -0.05) is 19.1 Å². The Labute approximate surface area is 109 Å². The van der Waals surface area contributed by atoms with Gasteiger partial charge in [0.25, 0.3) is 0 Å². The zero-order valence-corrected chi connectivity index (χ0v) is 12.1. The summed E-state index contributed by atoms with van der Waals surface area (Å²) in [4.78, 5) is 2.67. The van der Waals surface area contributed by atoms with E-state index in [4.69, 9.17) is 18.0 Å². The van der Waals surface area contributed by atoms with Crippen LogP contribution in [0.3, 0.4) is 0 Å². The van der Waals surface area contributed by atoms with Gasteiger partial charge in [-0.05, 0) is 13.3 Å². The molecule has 0 spiro atoms. The largest absolute Gasteiger partial charge is 0.392 e. The molecule has 17 heavy (non-hydrogen) atoms. The average Bonchev–Trinajstić information content (AvgIpc) is 2.30. The first-order chi connectivity index (χ1) is 7.92. The third-order valence-corrected chi connectivity index (χ3v) is 5.34. The maximum Gasteiger partial charge on any atom is 0.213 e. The van der Waals surface area contributed by atoms with E-state index < -0.39 is 10.0 Å². The second-order valence-corrected chi connectivity index (χ2v) is 6.89. The van der Waals surface area contributed by atoms with Crippen LogP contribution in [0, 0.1) is 0 Å². The van der Waals surface area contributed by atoms with E-state index in [-0.39, 0.29) is 11.8 Å². The molecule has 0 amide bonds. The van der Waals surface area contributed by atoms with E-state index in [2.05, 4.69) is 4.90 Å². The topological polar surface area (TPSA) is 66.6 Å². The van der Waals surface area contributed by atoms with E-state index in [1.54, 1.807) is 11.2 Å². The molecule has 1 fully saturated rings. The van der Waals surface area contributed by atoms with Crippen molar-refractivity contribution in [2.45, 2.75) is 26.3 Å². The SMILES string of the molecule is CCC(C(N)=S)N1CCN(S(=O)(=O)CC)CC1. The van der Waals surface area contributed by atoms with E-state index in [0.29, 0.717) is 31.2 Å². The molecule has 0 aromatic carbocycles. The second kappa shape index (κ2) is 6.08. The zero-order valence-electron chi connectivity index (χ0n) is 10.4. The number of nitrogens with zero attached hydrogens (tertiary/aromatic N) is 2. The van der Waals surface area contributed by atoms with Crippen molar-refractivity contribution in [3.63, 3.8) is 0 Å². The summed E-state index contributed by atoms with van der Waals surface area (Å²) in [6, 6.07) is 0.0940. The molecule has 0 radical (unpaired) electrons. The standard InChI is InChI=1S/C10H21N3O2S2/c1-3-9(10(11)16)12-5-7-13(8-6-12)17(14,15)4-2/h9H,3-8H2,1-2H3,(H2,11,16). The minimum absolute atomic E-state index is 0.0940. The maximum absolute atomic E-state index is 11.7. The molecule has 0 bridgehead atoms. The highest BCUT2D eigenvalue weighted by Gasteiger charge is 2.29. The Morgan fingerprint density at radius 1 is 1.29 bits per heavy atom. The number of nitrogens with two attached hydrogens (primary N) is 1. The minimum atomic E-state index is -3.05. The molecule has 0 aromatic rings. The molecule has 0 saturated carbocycles. The van der Waals surface area contributed by atoms with Crippen molar-refractivity contribution in [3.8, 4) is 0 Å². The number of rotatable bonds is 5. The van der Waals surface area contributed by atoms with E-state index in [9.17, 15) is 8.42 Å². The quantitative estimate of drug-likeness (QED) is 0.719. The number of piperazine rings is 1. The monoisotopic (exact) mass is 279 g/mol. The highest BCUT2D eigenvalue weighted by Crippen LogP contribution is 2.12. The smallest absolute Gasteiger partial charge is 0.213 e. The number of thiocarbonyl (C=S) groups is 1. The average molecular weight is 279 g/mol. The van der Waals surface area contributed by atoms with E-state index in [0.717, 1.165) is 6.42 Å². The molecule has 1 unspecified atom stereocenters. The van der Waals surface area contributed by atoms with Gasteiger partial charge >= 0.3 is 0 Å². The molecular weight excluding hydrogens is 258 g/mol.